The van der Waals surface area contributed by atoms with Crippen molar-refractivity contribution in [2.45, 2.75) is 26.2 Å². The van der Waals surface area contributed by atoms with Gasteiger partial charge in [0.05, 0.1) is 11.4 Å². The van der Waals surface area contributed by atoms with Gasteiger partial charge in [-0.3, -0.25) is 0 Å². The first-order valence-electron chi connectivity index (χ1n) is 10.7. The summed E-state index contributed by atoms with van der Waals surface area (Å²) in [5.74, 6) is 0.307. The zero-order valence-electron chi connectivity index (χ0n) is 17.7. The van der Waals surface area contributed by atoms with Crippen LogP contribution in [0.1, 0.15) is 24.8 Å². The van der Waals surface area contributed by atoms with Gasteiger partial charge >= 0.3 is 0 Å². The van der Waals surface area contributed by atoms with Gasteiger partial charge < -0.3 is 20.6 Å². The predicted molar refractivity (Wildman–Crippen MR) is 122 cm³/mol. The molecule has 1 fully saturated rings. The van der Waals surface area contributed by atoms with Crippen molar-refractivity contribution in [2.24, 2.45) is 0 Å². The lowest BCUT2D eigenvalue weighted by molar-refractivity contribution is 0.237. The van der Waals surface area contributed by atoms with Crippen molar-refractivity contribution < 1.29 is 9.50 Å². The molecule has 0 spiro atoms. The number of anilines is 3. The van der Waals surface area contributed by atoms with E-state index in [1.54, 1.807) is 36.5 Å². The van der Waals surface area contributed by atoms with E-state index in [2.05, 4.69) is 25.5 Å². The molecule has 1 saturated heterocycles. The molecule has 0 unspecified atom stereocenters. The van der Waals surface area contributed by atoms with E-state index < -0.39 is 0 Å². The van der Waals surface area contributed by atoms with E-state index >= 15 is 0 Å². The molecule has 1 aliphatic heterocycles. The zero-order valence-corrected chi connectivity index (χ0v) is 17.7. The predicted octanol–water partition coefficient (Wildman–Crippen LogP) is 4.94. The summed E-state index contributed by atoms with van der Waals surface area (Å²) in [6, 6.07) is 11.8. The van der Waals surface area contributed by atoms with Crippen LogP contribution in [0.15, 0.2) is 48.7 Å². The fourth-order valence-electron chi connectivity index (χ4n) is 3.80. The van der Waals surface area contributed by atoms with E-state index in [4.69, 9.17) is 0 Å². The number of phenolic OH excluding ortho intramolecular Hbond substituents is 1. The van der Waals surface area contributed by atoms with Crippen LogP contribution in [0.5, 0.6) is 5.75 Å². The number of aryl methyl sites for hydroxylation is 1. The minimum absolute atomic E-state index is 0.105. The topological polar surface area (TPSA) is 73.3 Å². The Labute approximate surface area is 182 Å². The van der Waals surface area contributed by atoms with Gasteiger partial charge in [-0.15, -0.1) is 0 Å². The van der Waals surface area contributed by atoms with Crippen LogP contribution in [-0.4, -0.2) is 46.2 Å². The Bertz CT molecular complexity index is 1040. The van der Waals surface area contributed by atoms with Crippen molar-refractivity contribution in [3.63, 3.8) is 0 Å². The lowest BCUT2D eigenvalue weighted by atomic mass is 10.1. The minimum atomic E-state index is -0.322. The molecule has 1 aliphatic rings. The molecule has 0 aliphatic carbocycles. The zero-order chi connectivity index (χ0) is 21.6. The van der Waals surface area contributed by atoms with Crippen molar-refractivity contribution in [3.8, 4) is 17.0 Å². The molecule has 0 amide bonds. The molecule has 6 nitrogen and oxygen atoms in total. The molecular formula is C24H28FN5O. The van der Waals surface area contributed by atoms with Gasteiger partial charge in [-0.1, -0.05) is 12.5 Å². The number of likely N-dealkylation sites (tertiary alicyclic amines) is 1. The van der Waals surface area contributed by atoms with Gasteiger partial charge in [0.25, 0.3) is 0 Å². The van der Waals surface area contributed by atoms with Crippen LogP contribution in [-0.2, 0) is 0 Å². The van der Waals surface area contributed by atoms with E-state index in [0.717, 1.165) is 31.7 Å². The number of piperidine rings is 1. The molecule has 7 heteroatoms. The molecular weight excluding hydrogens is 393 g/mol. The summed E-state index contributed by atoms with van der Waals surface area (Å²) in [5.41, 5.74) is 3.05. The standard InChI is InChI=1S/C24H28FN5O/c1-17-5-7-22(20(25)15-17)28-18-6-8-23(31)19(16-18)21-9-10-26-24(29-21)27-11-14-30-12-3-2-4-13-30/h5-10,15-16,28,31H,2-4,11-14H2,1H3,(H,26,27,29). The molecule has 2 aromatic carbocycles. The van der Waals surface area contributed by atoms with Gasteiger partial charge in [0.15, 0.2) is 0 Å². The van der Waals surface area contributed by atoms with Gasteiger partial charge in [-0.25, -0.2) is 14.4 Å². The molecule has 4 rings (SSSR count). The summed E-state index contributed by atoms with van der Waals surface area (Å²) in [6.45, 7) is 5.87. The largest absolute Gasteiger partial charge is 0.507 e. The molecule has 162 valence electrons. The summed E-state index contributed by atoms with van der Waals surface area (Å²) in [5, 5.41) is 16.7. The lowest BCUT2D eigenvalue weighted by Gasteiger charge is -2.26. The third kappa shape index (κ3) is 5.49. The summed E-state index contributed by atoms with van der Waals surface area (Å²) in [6.07, 6.45) is 5.53. The molecule has 0 radical (unpaired) electrons. The highest BCUT2D eigenvalue weighted by atomic mass is 19.1. The number of phenols is 1. The van der Waals surface area contributed by atoms with Crippen LogP contribution >= 0.6 is 0 Å². The molecule has 1 aromatic heterocycles. The summed E-state index contributed by atoms with van der Waals surface area (Å²) in [7, 11) is 0. The fraction of sp³-hybridized carbons (Fsp3) is 0.333. The number of aromatic hydroxyl groups is 1. The van der Waals surface area contributed by atoms with Gasteiger partial charge in [-0.05, 0) is 74.8 Å². The van der Waals surface area contributed by atoms with Crippen LogP contribution < -0.4 is 10.6 Å². The Hall–Kier alpha value is -3.19. The number of rotatable bonds is 7. The van der Waals surface area contributed by atoms with Gasteiger partial charge in [0, 0.05) is 30.5 Å². The highest BCUT2D eigenvalue weighted by Crippen LogP contribution is 2.32. The second-order valence-electron chi connectivity index (χ2n) is 7.93. The first kappa shape index (κ1) is 21.1. The molecule has 0 atom stereocenters. The first-order valence-corrected chi connectivity index (χ1v) is 10.7. The third-order valence-corrected chi connectivity index (χ3v) is 5.49. The molecule has 31 heavy (non-hydrogen) atoms. The Balaban J connectivity index is 1.47. The number of hydrogen-bond acceptors (Lipinski definition) is 6. The quantitative estimate of drug-likeness (QED) is 0.470. The van der Waals surface area contributed by atoms with E-state index in [9.17, 15) is 9.50 Å². The minimum Gasteiger partial charge on any atom is -0.507 e. The number of halogens is 1. The van der Waals surface area contributed by atoms with Crippen LogP contribution in [0.3, 0.4) is 0 Å². The number of hydrogen-bond donors (Lipinski definition) is 3. The fourth-order valence-corrected chi connectivity index (χ4v) is 3.80. The SMILES string of the molecule is Cc1ccc(Nc2ccc(O)c(-c3ccnc(NCCN4CCCCC4)n3)c2)c(F)c1. The second-order valence-corrected chi connectivity index (χ2v) is 7.93. The van der Waals surface area contributed by atoms with Crippen molar-refractivity contribution in [2.75, 3.05) is 36.8 Å². The summed E-state index contributed by atoms with van der Waals surface area (Å²) < 4.78 is 14.2. The highest BCUT2D eigenvalue weighted by Gasteiger charge is 2.12. The van der Waals surface area contributed by atoms with Crippen molar-refractivity contribution in [1.29, 1.82) is 0 Å². The maximum atomic E-state index is 14.2. The number of aromatic nitrogens is 2. The van der Waals surface area contributed by atoms with Crippen molar-refractivity contribution in [3.05, 3.63) is 60.0 Å². The summed E-state index contributed by atoms with van der Waals surface area (Å²) in [4.78, 5) is 11.3. The summed E-state index contributed by atoms with van der Waals surface area (Å²) >= 11 is 0. The van der Waals surface area contributed by atoms with Crippen molar-refractivity contribution in [1.82, 2.24) is 14.9 Å². The Morgan fingerprint density at radius 1 is 1.06 bits per heavy atom. The van der Waals surface area contributed by atoms with E-state index in [1.165, 1.54) is 25.3 Å². The van der Waals surface area contributed by atoms with E-state index in [1.807, 2.05) is 13.0 Å². The van der Waals surface area contributed by atoms with Crippen molar-refractivity contribution >= 4 is 17.3 Å². The number of nitrogens with one attached hydrogen (secondary N) is 2. The van der Waals surface area contributed by atoms with Crippen LogP contribution in [0.2, 0.25) is 0 Å². The van der Waals surface area contributed by atoms with Gasteiger partial charge in [0.2, 0.25) is 5.95 Å². The van der Waals surface area contributed by atoms with Crippen LogP contribution in [0, 0.1) is 12.7 Å². The molecule has 3 N–H and O–H groups in total. The van der Waals surface area contributed by atoms with Crippen LogP contribution in [0.4, 0.5) is 21.7 Å². The maximum absolute atomic E-state index is 14.2. The molecule has 3 aromatic rings. The van der Waals surface area contributed by atoms with Crippen LogP contribution in [0.25, 0.3) is 11.3 Å². The Kier molecular flexibility index (Phi) is 6.62. The molecule has 0 saturated carbocycles. The van der Waals surface area contributed by atoms with E-state index in [0.29, 0.717) is 28.6 Å². The average molecular weight is 422 g/mol. The van der Waals surface area contributed by atoms with Gasteiger partial charge in [0.1, 0.15) is 11.6 Å². The smallest absolute Gasteiger partial charge is 0.223 e. The van der Waals surface area contributed by atoms with Gasteiger partial charge in [-0.2, -0.15) is 0 Å². The first-order chi connectivity index (χ1) is 15.1. The number of benzene rings is 2. The Morgan fingerprint density at radius 3 is 2.71 bits per heavy atom. The molecule has 0 bridgehead atoms. The second kappa shape index (κ2) is 9.75. The molecule has 2 heterocycles. The normalized spacial score (nSPS) is 14.4. The average Bonchev–Trinajstić information content (AvgIpc) is 2.78. The third-order valence-electron chi connectivity index (χ3n) is 5.49. The Morgan fingerprint density at radius 2 is 1.90 bits per heavy atom. The lowest BCUT2D eigenvalue weighted by Crippen LogP contribution is -2.33. The maximum Gasteiger partial charge on any atom is 0.223 e. The number of nitrogens with zero attached hydrogens (tertiary/aromatic N) is 3. The monoisotopic (exact) mass is 421 g/mol. The van der Waals surface area contributed by atoms with E-state index in [-0.39, 0.29) is 11.6 Å². The highest BCUT2D eigenvalue weighted by molar-refractivity contribution is 5.74.